The molecule has 0 amide bonds. The minimum atomic E-state index is -1.01. The zero-order valence-electron chi connectivity index (χ0n) is 12.1. The van der Waals surface area contributed by atoms with Crippen molar-refractivity contribution in [3.05, 3.63) is 64.7 Å². The highest BCUT2D eigenvalue weighted by Crippen LogP contribution is 2.25. The van der Waals surface area contributed by atoms with Crippen molar-refractivity contribution in [2.24, 2.45) is 0 Å². The third-order valence-electron chi connectivity index (χ3n) is 3.32. The van der Waals surface area contributed by atoms with Gasteiger partial charge in [0.2, 0.25) is 0 Å². The number of halogens is 2. The van der Waals surface area contributed by atoms with Gasteiger partial charge < -0.3 is 9.84 Å². The Morgan fingerprint density at radius 2 is 1.82 bits per heavy atom. The normalized spacial score (nSPS) is 10.5. The Labute approximate surface area is 127 Å². The van der Waals surface area contributed by atoms with Gasteiger partial charge in [-0.3, -0.25) is 4.79 Å². The summed E-state index contributed by atoms with van der Waals surface area (Å²) in [7, 11) is 0. The number of aliphatic carboxylic acids is 1. The predicted molar refractivity (Wildman–Crippen MR) is 77.8 cm³/mol. The molecule has 116 valence electrons. The van der Waals surface area contributed by atoms with E-state index in [1.54, 1.807) is 0 Å². The summed E-state index contributed by atoms with van der Waals surface area (Å²) >= 11 is 0. The second-order valence-electron chi connectivity index (χ2n) is 5.00. The summed E-state index contributed by atoms with van der Waals surface area (Å²) in [5, 5.41) is 8.59. The summed E-state index contributed by atoms with van der Waals surface area (Å²) < 4.78 is 33.1. The fourth-order valence-electron chi connectivity index (χ4n) is 2.07. The summed E-state index contributed by atoms with van der Waals surface area (Å²) in [6, 6.07) is 9.63. The molecule has 0 heterocycles. The van der Waals surface area contributed by atoms with Crippen LogP contribution in [0.5, 0.6) is 5.75 Å². The number of hydrogen-bond acceptors (Lipinski definition) is 2. The Bertz CT molecular complexity index is 660. The van der Waals surface area contributed by atoms with Crippen LogP contribution in [0.3, 0.4) is 0 Å². The van der Waals surface area contributed by atoms with Gasteiger partial charge in [0, 0.05) is 6.42 Å². The number of carboxylic acid groups (broad SMARTS) is 1. The highest BCUT2D eigenvalue weighted by atomic mass is 19.1. The maximum atomic E-state index is 13.9. The molecular weight excluding hydrogens is 290 g/mol. The van der Waals surface area contributed by atoms with Crippen LogP contribution >= 0.6 is 0 Å². The first-order chi connectivity index (χ1) is 10.5. The molecule has 0 saturated carbocycles. The Morgan fingerprint density at radius 1 is 1.18 bits per heavy atom. The molecule has 3 nitrogen and oxygen atoms in total. The number of carbonyl (C=O) groups is 1. The molecule has 2 aromatic carbocycles. The Hall–Kier alpha value is -2.43. The minimum Gasteiger partial charge on any atom is -0.483 e. The second kappa shape index (κ2) is 7.02. The monoisotopic (exact) mass is 306 g/mol. The van der Waals surface area contributed by atoms with Crippen molar-refractivity contribution in [2.75, 3.05) is 0 Å². The summed E-state index contributed by atoms with van der Waals surface area (Å²) in [5.74, 6) is -3.11. The molecule has 0 spiro atoms. The molecule has 0 aliphatic rings. The van der Waals surface area contributed by atoms with Crippen LogP contribution in [-0.2, 0) is 17.8 Å². The molecule has 0 fully saturated rings. The number of rotatable bonds is 6. The summed E-state index contributed by atoms with van der Waals surface area (Å²) in [5.41, 5.74) is 2.11. The molecular formula is C17H16F2O3. The average molecular weight is 306 g/mol. The third kappa shape index (κ3) is 4.04. The van der Waals surface area contributed by atoms with Gasteiger partial charge in [-0.25, -0.2) is 8.78 Å². The Balaban J connectivity index is 2.11. The van der Waals surface area contributed by atoms with Gasteiger partial charge in [-0.05, 0) is 42.2 Å². The van der Waals surface area contributed by atoms with Crippen LogP contribution < -0.4 is 4.74 Å². The first kappa shape index (κ1) is 15.9. The van der Waals surface area contributed by atoms with Crippen LogP contribution in [0.2, 0.25) is 0 Å². The first-order valence-corrected chi connectivity index (χ1v) is 6.84. The molecule has 0 aromatic heterocycles. The molecule has 0 bridgehead atoms. The fraction of sp³-hybridized carbons (Fsp3) is 0.235. The van der Waals surface area contributed by atoms with E-state index in [1.165, 1.54) is 0 Å². The smallest absolute Gasteiger partial charge is 0.303 e. The van der Waals surface area contributed by atoms with E-state index >= 15 is 0 Å². The number of ether oxygens (including phenoxy) is 1. The maximum Gasteiger partial charge on any atom is 0.303 e. The minimum absolute atomic E-state index is 0.0645. The van der Waals surface area contributed by atoms with Gasteiger partial charge in [-0.1, -0.05) is 24.3 Å². The van der Waals surface area contributed by atoms with Crippen LogP contribution in [0.25, 0.3) is 0 Å². The summed E-state index contributed by atoms with van der Waals surface area (Å²) in [6.07, 6.45) is -0.108. The first-order valence-electron chi connectivity index (χ1n) is 6.84. The van der Waals surface area contributed by atoms with Crippen molar-refractivity contribution in [3.63, 3.8) is 0 Å². The number of benzene rings is 2. The van der Waals surface area contributed by atoms with E-state index < -0.39 is 23.4 Å². The van der Waals surface area contributed by atoms with E-state index in [-0.39, 0.29) is 19.4 Å². The fourth-order valence-corrected chi connectivity index (χ4v) is 2.07. The molecule has 5 heteroatoms. The topological polar surface area (TPSA) is 46.5 Å². The van der Waals surface area contributed by atoms with Gasteiger partial charge in [-0.15, -0.1) is 0 Å². The van der Waals surface area contributed by atoms with Crippen LogP contribution in [0.15, 0.2) is 36.4 Å². The van der Waals surface area contributed by atoms with Crippen molar-refractivity contribution in [1.82, 2.24) is 0 Å². The molecule has 0 atom stereocenters. The van der Waals surface area contributed by atoms with E-state index in [4.69, 9.17) is 9.84 Å². The second-order valence-corrected chi connectivity index (χ2v) is 5.00. The van der Waals surface area contributed by atoms with E-state index in [2.05, 4.69) is 0 Å². The molecule has 2 rings (SSSR count). The summed E-state index contributed by atoms with van der Waals surface area (Å²) in [6.45, 7) is 1.95. The highest BCUT2D eigenvalue weighted by molar-refractivity contribution is 5.67. The lowest BCUT2D eigenvalue weighted by atomic mass is 10.1. The van der Waals surface area contributed by atoms with Gasteiger partial charge in [0.15, 0.2) is 17.4 Å². The molecule has 0 aliphatic heterocycles. The maximum absolute atomic E-state index is 13.9. The Kier molecular flexibility index (Phi) is 5.09. The van der Waals surface area contributed by atoms with E-state index in [0.29, 0.717) is 5.56 Å². The van der Waals surface area contributed by atoms with E-state index in [9.17, 15) is 13.6 Å². The highest BCUT2D eigenvalue weighted by Gasteiger charge is 2.14. The molecule has 2 aromatic rings. The SMILES string of the molecule is Cc1ccccc1COc1c(F)cc(CCC(=O)O)cc1F. The van der Waals surface area contributed by atoms with Gasteiger partial charge in [0.1, 0.15) is 6.61 Å². The van der Waals surface area contributed by atoms with E-state index in [1.807, 2.05) is 31.2 Å². The van der Waals surface area contributed by atoms with Gasteiger partial charge >= 0.3 is 5.97 Å². The van der Waals surface area contributed by atoms with Gasteiger partial charge in [0.25, 0.3) is 0 Å². The molecule has 0 saturated heterocycles. The molecule has 1 N–H and O–H groups in total. The number of aryl methyl sites for hydroxylation is 2. The molecule has 0 radical (unpaired) electrons. The van der Waals surface area contributed by atoms with Gasteiger partial charge in [0.05, 0.1) is 0 Å². The lowest BCUT2D eigenvalue weighted by molar-refractivity contribution is -0.136. The van der Waals surface area contributed by atoms with Crippen molar-refractivity contribution < 1.29 is 23.4 Å². The quantitative estimate of drug-likeness (QED) is 0.881. The van der Waals surface area contributed by atoms with Crippen molar-refractivity contribution in [1.29, 1.82) is 0 Å². The standard InChI is InChI=1S/C17H16F2O3/c1-11-4-2-3-5-13(11)10-22-17-14(18)8-12(9-15(17)19)6-7-16(20)21/h2-5,8-9H,6-7,10H2,1H3,(H,20,21). The van der Waals surface area contributed by atoms with Crippen molar-refractivity contribution in [3.8, 4) is 5.75 Å². The number of carboxylic acids is 1. The van der Waals surface area contributed by atoms with Crippen LogP contribution in [0.4, 0.5) is 8.78 Å². The third-order valence-corrected chi connectivity index (χ3v) is 3.32. The largest absolute Gasteiger partial charge is 0.483 e. The van der Waals surface area contributed by atoms with Gasteiger partial charge in [-0.2, -0.15) is 0 Å². The lowest BCUT2D eigenvalue weighted by Gasteiger charge is -2.11. The molecule has 0 aliphatic carbocycles. The molecule has 22 heavy (non-hydrogen) atoms. The lowest BCUT2D eigenvalue weighted by Crippen LogP contribution is -2.03. The van der Waals surface area contributed by atoms with Crippen LogP contribution in [0, 0.1) is 18.6 Å². The zero-order valence-corrected chi connectivity index (χ0v) is 12.1. The average Bonchev–Trinajstić information content (AvgIpc) is 2.46. The zero-order chi connectivity index (χ0) is 16.1. The van der Waals surface area contributed by atoms with Crippen molar-refractivity contribution >= 4 is 5.97 Å². The predicted octanol–water partition coefficient (Wildman–Crippen LogP) is 3.87. The van der Waals surface area contributed by atoms with Crippen LogP contribution in [0.1, 0.15) is 23.1 Å². The number of hydrogen-bond donors (Lipinski definition) is 1. The Morgan fingerprint density at radius 3 is 2.41 bits per heavy atom. The van der Waals surface area contributed by atoms with Crippen molar-refractivity contribution in [2.45, 2.75) is 26.4 Å². The summed E-state index contributed by atoms with van der Waals surface area (Å²) in [4.78, 5) is 10.5. The van der Waals surface area contributed by atoms with E-state index in [0.717, 1.165) is 23.3 Å². The van der Waals surface area contributed by atoms with Crippen LogP contribution in [-0.4, -0.2) is 11.1 Å². The molecule has 0 unspecified atom stereocenters.